The van der Waals surface area contributed by atoms with E-state index in [1.807, 2.05) is 0 Å². The second-order valence-corrected chi connectivity index (χ2v) is 6.29. The number of hydrogen-bond acceptors (Lipinski definition) is 4. The number of carbonyl (C=O) groups is 3. The van der Waals surface area contributed by atoms with Gasteiger partial charge in [-0.2, -0.15) is 0 Å². The molecule has 1 fully saturated rings. The van der Waals surface area contributed by atoms with Gasteiger partial charge >= 0.3 is 0 Å². The van der Waals surface area contributed by atoms with E-state index < -0.39 is 0 Å². The summed E-state index contributed by atoms with van der Waals surface area (Å²) < 4.78 is 5.52. The molecule has 1 aromatic carbocycles. The van der Waals surface area contributed by atoms with Crippen LogP contribution in [0.15, 0.2) is 18.2 Å². The fourth-order valence-electron chi connectivity index (χ4n) is 2.32. The van der Waals surface area contributed by atoms with Crippen LogP contribution in [0.25, 0.3) is 0 Å². The van der Waals surface area contributed by atoms with E-state index in [-0.39, 0.29) is 17.7 Å². The molecule has 1 aromatic rings. The van der Waals surface area contributed by atoms with Crippen LogP contribution in [0.3, 0.4) is 0 Å². The van der Waals surface area contributed by atoms with Crippen molar-refractivity contribution in [3.8, 4) is 0 Å². The van der Waals surface area contributed by atoms with Crippen LogP contribution in [0.2, 0.25) is 0 Å². The zero-order valence-electron chi connectivity index (χ0n) is 14.7. The van der Waals surface area contributed by atoms with Gasteiger partial charge in [-0.1, -0.05) is 0 Å². The molecule has 0 atom stereocenters. The van der Waals surface area contributed by atoms with Crippen LogP contribution in [0.5, 0.6) is 0 Å². The maximum absolute atomic E-state index is 12.3. The summed E-state index contributed by atoms with van der Waals surface area (Å²) in [6.07, 6.45) is 3.26. The molecule has 3 N–H and O–H groups in total. The van der Waals surface area contributed by atoms with Gasteiger partial charge in [0.2, 0.25) is 11.8 Å². The first-order valence-corrected chi connectivity index (χ1v) is 8.50. The van der Waals surface area contributed by atoms with E-state index in [1.54, 1.807) is 18.2 Å². The average Bonchev–Trinajstić information content (AvgIpc) is 3.33. The van der Waals surface area contributed by atoms with Crippen molar-refractivity contribution in [1.82, 2.24) is 5.32 Å². The molecule has 3 amide bonds. The summed E-state index contributed by atoms with van der Waals surface area (Å²) >= 11 is 0. The third kappa shape index (κ3) is 7.34. The third-order valence-corrected chi connectivity index (χ3v) is 3.64. The van der Waals surface area contributed by atoms with Gasteiger partial charge < -0.3 is 20.7 Å². The summed E-state index contributed by atoms with van der Waals surface area (Å²) in [4.78, 5) is 34.8. The third-order valence-electron chi connectivity index (χ3n) is 3.64. The molecule has 0 radical (unpaired) electrons. The highest BCUT2D eigenvalue weighted by atomic mass is 16.5. The lowest BCUT2D eigenvalue weighted by Gasteiger charge is -2.11. The molecule has 1 aliphatic carbocycles. The van der Waals surface area contributed by atoms with Gasteiger partial charge in [-0.15, -0.1) is 0 Å². The highest BCUT2D eigenvalue weighted by Gasteiger charge is 2.20. The van der Waals surface area contributed by atoms with Crippen molar-refractivity contribution in [3.63, 3.8) is 0 Å². The van der Waals surface area contributed by atoms with E-state index in [9.17, 15) is 14.4 Å². The lowest BCUT2D eigenvalue weighted by Crippen LogP contribution is -2.25. The van der Waals surface area contributed by atoms with Gasteiger partial charge in [-0.25, -0.2) is 0 Å². The van der Waals surface area contributed by atoms with Gasteiger partial charge in [-0.3, -0.25) is 14.4 Å². The molecule has 7 nitrogen and oxygen atoms in total. The molecule has 0 heterocycles. The maximum atomic E-state index is 12.3. The normalized spacial score (nSPS) is 13.2. The predicted molar refractivity (Wildman–Crippen MR) is 95.5 cm³/mol. The fourth-order valence-corrected chi connectivity index (χ4v) is 2.32. The van der Waals surface area contributed by atoms with E-state index in [0.29, 0.717) is 30.1 Å². The van der Waals surface area contributed by atoms with Gasteiger partial charge in [0, 0.05) is 50.5 Å². The Hall–Kier alpha value is -2.41. The molecule has 0 saturated heterocycles. The van der Waals surface area contributed by atoms with Gasteiger partial charge in [0.05, 0.1) is 0 Å². The minimum absolute atomic E-state index is 0.251. The first-order chi connectivity index (χ1) is 11.9. The zero-order chi connectivity index (χ0) is 18.2. The molecule has 0 aromatic heterocycles. The first-order valence-electron chi connectivity index (χ1n) is 8.50. The summed E-state index contributed by atoms with van der Waals surface area (Å²) in [6, 6.07) is 4.75. The van der Waals surface area contributed by atoms with E-state index in [2.05, 4.69) is 16.0 Å². The minimum Gasteiger partial charge on any atom is -0.381 e. The molecule has 0 spiro atoms. The van der Waals surface area contributed by atoms with Gasteiger partial charge in [0.1, 0.15) is 0 Å². The number of rotatable bonds is 9. The Labute approximate surface area is 147 Å². The lowest BCUT2D eigenvalue weighted by molar-refractivity contribution is -0.115. The number of carbonyl (C=O) groups excluding carboxylic acids is 3. The molecule has 7 heteroatoms. The summed E-state index contributed by atoms with van der Waals surface area (Å²) in [5.41, 5.74) is 1.28. The summed E-state index contributed by atoms with van der Waals surface area (Å²) in [5.74, 6) is -0.0300. The van der Waals surface area contributed by atoms with Crippen molar-refractivity contribution in [3.05, 3.63) is 23.8 Å². The summed E-state index contributed by atoms with van der Waals surface area (Å²) in [7, 11) is 0. The Morgan fingerprint density at radius 2 is 1.64 bits per heavy atom. The second-order valence-electron chi connectivity index (χ2n) is 6.29. The monoisotopic (exact) mass is 347 g/mol. The van der Waals surface area contributed by atoms with Crippen LogP contribution < -0.4 is 16.0 Å². The fraction of sp³-hybridized carbons (Fsp3) is 0.500. The van der Waals surface area contributed by atoms with Crippen molar-refractivity contribution in [2.45, 2.75) is 33.1 Å². The molecular weight excluding hydrogens is 322 g/mol. The van der Waals surface area contributed by atoms with Crippen LogP contribution >= 0.6 is 0 Å². The van der Waals surface area contributed by atoms with Crippen LogP contribution in [0.1, 0.15) is 43.5 Å². The number of nitrogens with one attached hydrogen (secondary N) is 3. The van der Waals surface area contributed by atoms with E-state index in [4.69, 9.17) is 4.74 Å². The minimum atomic E-state index is -0.263. The average molecular weight is 347 g/mol. The van der Waals surface area contributed by atoms with Gasteiger partial charge in [0.25, 0.3) is 5.91 Å². The Morgan fingerprint density at radius 3 is 2.16 bits per heavy atom. The molecule has 1 saturated carbocycles. The lowest BCUT2D eigenvalue weighted by atomic mass is 10.1. The van der Waals surface area contributed by atoms with Crippen LogP contribution in [-0.4, -0.2) is 37.5 Å². The Morgan fingerprint density at radius 1 is 1.04 bits per heavy atom. The molecule has 25 heavy (non-hydrogen) atoms. The van der Waals surface area contributed by atoms with Crippen molar-refractivity contribution < 1.29 is 19.1 Å². The van der Waals surface area contributed by atoms with Crippen molar-refractivity contribution in [1.29, 1.82) is 0 Å². The predicted octanol–water partition coefficient (Wildman–Crippen LogP) is 2.15. The number of benzene rings is 1. The Bertz CT molecular complexity index is 607. The second kappa shape index (κ2) is 9.17. The molecule has 0 bridgehead atoms. The molecular formula is C18H25N3O4. The molecule has 1 aliphatic rings. The van der Waals surface area contributed by atoms with Crippen molar-refractivity contribution in [2.24, 2.45) is 5.92 Å². The SMILES string of the molecule is CC(=O)Nc1cc(NC(C)=O)cc(C(=O)NCCCOCC2CC2)c1. The van der Waals surface area contributed by atoms with E-state index in [0.717, 1.165) is 18.9 Å². The standard InChI is InChI=1S/C18H25N3O4/c1-12(22)20-16-8-15(9-17(10-16)21-13(2)23)18(24)19-6-3-7-25-11-14-4-5-14/h8-10,14H,3-7,11H2,1-2H3,(H,19,24)(H,20,22)(H,21,23). The van der Waals surface area contributed by atoms with E-state index in [1.165, 1.54) is 26.7 Å². The molecule has 2 rings (SSSR count). The first kappa shape index (κ1) is 18.9. The number of ether oxygens (including phenoxy) is 1. The smallest absolute Gasteiger partial charge is 0.251 e. The maximum Gasteiger partial charge on any atom is 0.251 e. The molecule has 0 aliphatic heterocycles. The van der Waals surface area contributed by atoms with Gasteiger partial charge in [0.15, 0.2) is 0 Å². The number of anilines is 2. The van der Waals surface area contributed by atoms with Crippen LogP contribution in [0, 0.1) is 5.92 Å². The number of amides is 3. The molecule has 136 valence electrons. The summed E-state index contributed by atoms with van der Waals surface area (Å²) in [6.45, 7) is 4.70. The Kier molecular flexibility index (Phi) is 6.94. The largest absolute Gasteiger partial charge is 0.381 e. The highest BCUT2D eigenvalue weighted by molar-refractivity contribution is 5.99. The van der Waals surface area contributed by atoms with Gasteiger partial charge in [-0.05, 0) is 43.4 Å². The van der Waals surface area contributed by atoms with E-state index >= 15 is 0 Å². The molecule has 0 unspecified atom stereocenters. The summed E-state index contributed by atoms with van der Waals surface area (Å²) in [5, 5.41) is 8.07. The van der Waals surface area contributed by atoms with Crippen LogP contribution in [0.4, 0.5) is 11.4 Å². The van der Waals surface area contributed by atoms with Crippen LogP contribution in [-0.2, 0) is 14.3 Å². The Balaban J connectivity index is 1.88. The zero-order valence-corrected chi connectivity index (χ0v) is 14.7. The topological polar surface area (TPSA) is 96.5 Å². The highest BCUT2D eigenvalue weighted by Crippen LogP contribution is 2.28. The van der Waals surface area contributed by atoms with Crippen molar-refractivity contribution >= 4 is 29.1 Å². The number of hydrogen-bond donors (Lipinski definition) is 3. The van der Waals surface area contributed by atoms with Crippen molar-refractivity contribution in [2.75, 3.05) is 30.4 Å². The quantitative estimate of drug-likeness (QED) is 0.596.